The zero-order valence-corrected chi connectivity index (χ0v) is 16.8. The summed E-state index contributed by atoms with van der Waals surface area (Å²) >= 11 is 0. The van der Waals surface area contributed by atoms with Crippen LogP contribution in [0.2, 0.25) is 0 Å². The number of rotatable bonds is 3. The summed E-state index contributed by atoms with van der Waals surface area (Å²) in [6.07, 6.45) is 3.76. The number of fused-ring (bicyclic) bond motifs is 1. The van der Waals surface area contributed by atoms with Crippen LogP contribution < -0.4 is 9.47 Å². The van der Waals surface area contributed by atoms with Crippen LogP contribution in [0.3, 0.4) is 0 Å². The summed E-state index contributed by atoms with van der Waals surface area (Å²) in [6.45, 7) is 8.92. The molecule has 0 N–H and O–H groups in total. The highest BCUT2D eigenvalue weighted by Gasteiger charge is 2.65. The second-order valence-corrected chi connectivity index (χ2v) is 9.15. The lowest BCUT2D eigenvalue weighted by atomic mass is 9.47. The number of hydrogen-bond donors (Lipinski definition) is 0. The topological polar surface area (TPSA) is 44.8 Å². The Labute approximate surface area is 156 Å². The number of ether oxygens (including phenoxy) is 3. The third-order valence-electron chi connectivity index (χ3n) is 7.11. The molecule has 0 radical (unpaired) electrons. The van der Waals surface area contributed by atoms with Crippen LogP contribution in [0.25, 0.3) is 0 Å². The fourth-order valence-corrected chi connectivity index (χ4v) is 5.92. The van der Waals surface area contributed by atoms with Crippen LogP contribution in [0.15, 0.2) is 6.07 Å². The molecule has 1 saturated carbocycles. The molecule has 3 atom stereocenters. The van der Waals surface area contributed by atoms with Crippen molar-refractivity contribution in [1.29, 1.82) is 0 Å². The largest absolute Gasteiger partial charge is 0.493 e. The van der Waals surface area contributed by atoms with E-state index in [0.717, 1.165) is 53.9 Å². The van der Waals surface area contributed by atoms with E-state index < -0.39 is 5.41 Å². The molecule has 4 nitrogen and oxygen atoms in total. The minimum Gasteiger partial charge on any atom is -0.493 e. The van der Waals surface area contributed by atoms with Crippen molar-refractivity contribution in [3.63, 3.8) is 0 Å². The maximum Gasteiger partial charge on any atom is 0.317 e. The molecular weight excluding hydrogens is 328 g/mol. The Bertz CT molecular complexity index is 764. The van der Waals surface area contributed by atoms with Gasteiger partial charge in [0.25, 0.3) is 0 Å². The SMILES string of the molecule is COc1c(C(C)C)cc2c(c1OC)[C@@]13CCCC(C)(C)C1C[C@@H]2OC3=O. The molecule has 5 rings (SSSR count). The Balaban J connectivity index is 2.06. The first kappa shape index (κ1) is 17.7. The van der Waals surface area contributed by atoms with Crippen LogP contribution in [-0.2, 0) is 14.9 Å². The van der Waals surface area contributed by atoms with Gasteiger partial charge in [-0.3, -0.25) is 4.79 Å². The van der Waals surface area contributed by atoms with Crippen LogP contribution in [0.5, 0.6) is 11.5 Å². The summed E-state index contributed by atoms with van der Waals surface area (Å²) in [5.74, 6) is 2.05. The first-order valence-electron chi connectivity index (χ1n) is 9.78. The van der Waals surface area contributed by atoms with Crippen LogP contribution in [0, 0.1) is 11.3 Å². The number of carbonyl (C=O) groups is 1. The maximum absolute atomic E-state index is 13.2. The van der Waals surface area contributed by atoms with Gasteiger partial charge in [-0.15, -0.1) is 0 Å². The number of carbonyl (C=O) groups excluding carboxylic acids is 1. The molecule has 1 saturated heterocycles. The molecule has 1 aromatic carbocycles. The molecule has 4 aliphatic rings. The van der Waals surface area contributed by atoms with Crippen molar-refractivity contribution in [2.45, 2.75) is 70.8 Å². The molecule has 2 bridgehead atoms. The van der Waals surface area contributed by atoms with E-state index in [1.54, 1.807) is 14.2 Å². The number of hydrogen-bond acceptors (Lipinski definition) is 4. The van der Waals surface area contributed by atoms with E-state index in [1.165, 1.54) is 0 Å². The van der Waals surface area contributed by atoms with Crippen LogP contribution >= 0.6 is 0 Å². The summed E-state index contributed by atoms with van der Waals surface area (Å²) in [5, 5.41) is 0. The number of esters is 1. The maximum atomic E-state index is 13.2. The van der Waals surface area contributed by atoms with Crippen molar-refractivity contribution in [3.05, 3.63) is 22.8 Å². The van der Waals surface area contributed by atoms with E-state index in [-0.39, 0.29) is 23.4 Å². The highest BCUT2D eigenvalue weighted by molar-refractivity contribution is 5.90. The second kappa shape index (κ2) is 5.64. The van der Waals surface area contributed by atoms with E-state index in [2.05, 4.69) is 33.8 Å². The van der Waals surface area contributed by atoms with Crippen LogP contribution in [-0.4, -0.2) is 20.2 Å². The third kappa shape index (κ3) is 2.04. The van der Waals surface area contributed by atoms with Gasteiger partial charge < -0.3 is 14.2 Å². The molecule has 4 heteroatoms. The molecule has 26 heavy (non-hydrogen) atoms. The Kier molecular flexibility index (Phi) is 3.84. The van der Waals surface area contributed by atoms with Gasteiger partial charge in [0.15, 0.2) is 11.5 Å². The molecule has 2 fully saturated rings. The van der Waals surface area contributed by atoms with Gasteiger partial charge >= 0.3 is 5.97 Å². The summed E-state index contributed by atoms with van der Waals surface area (Å²) < 4.78 is 17.6. The van der Waals surface area contributed by atoms with Gasteiger partial charge in [-0.2, -0.15) is 0 Å². The minimum atomic E-state index is -0.597. The quantitative estimate of drug-likeness (QED) is 0.722. The van der Waals surface area contributed by atoms with Crippen LogP contribution in [0.4, 0.5) is 0 Å². The highest BCUT2D eigenvalue weighted by atomic mass is 16.6. The second-order valence-electron chi connectivity index (χ2n) is 9.15. The number of methoxy groups -OCH3 is 2. The monoisotopic (exact) mass is 358 g/mol. The van der Waals surface area contributed by atoms with E-state index in [1.807, 2.05) is 0 Å². The van der Waals surface area contributed by atoms with Gasteiger partial charge in [0.1, 0.15) is 11.5 Å². The van der Waals surface area contributed by atoms with Crippen molar-refractivity contribution in [2.75, 3.05) is 14.2 Å². The molecule has 142 valence electrons. The normalized spacial score (nSPS) is 31.3. The minimum absolute atomic E-state index is 0.0586. The molecule has 2 heterocycles. The fourth-order valence-electron chi connectivity index (χ4n) is 5.92. The molecule has 1 spiro atoms. The van der Waals surface area contributed by atoms with Crippen molar-refractivity contribution < 1.29 is 19.0 Å². The summed E-state index contributed by atoms with van der Waals surface area (Å²) in [4.78, 5) is 13.2. The van der Waals surface area contributed by atoms with E-state index >= 15 is 0 Å². The fraction of sp³-hybridized carbons (Fsp3) is 0.682. The third-order valence-corrected chi connectivity index (χ3v) is 7.11. The number of benzene rings is 1. The van der Waals surface area contributed by atoms with E-state index in [0.29, 0.717) is 5.92 Å². The summed E-state index contributed by atoms with van der Waals surface area (Å²) in [6, 6.07) is 2.21. The first-order valence-corrected chi connectivity index (χ1v) is 9.78. The van der Waals surface area contributed by atoms with Crippen molar-refractivity contribution in [1.82, 2.24) is 0 Å². The highest BCUT2D eigenvalue weighted by Crippen LogP contribution is 2.66. The zero-order valence-electron chi connectivity index (χ0n) is 16.8. The lowest BCUT2D eigenvalue weighted by molar-refractivity contribution is -0.185. The molecule has 1 unspecified atom stereocenters. The van der Waals surface area contributed by atoms with E-state index in [4.69, 9.17) is 14.2 Å². The lowest BCUT2D eigenvalue weighted by Crippen LogP contribution is -2.59. The molecular formula is C22H30O4. The van der Waals surface area contributed by atoms with Gasteiger partial charge in [0, 0.05) is 16.7 Å². The standard InChI is InChI=1S/C22H30O4/c1-12(2)13-10-14-15-11-16-21(3,4)8-7-9-22(16,20(23)26-15)17(14)19(25-6)18(13)24-5/h10,12,15-16H,7-9,11H2,1-6H3/t15-,16?,22+/m0/s1. The molecule has 0 aromatic heterocycles. The Morgan fingerprint density at radius 3 is 2.46 bits per heavy atom. The molecule has 2 aliphatic carbocycles. The van der Waals surface area contributed by atoms with Crippen molar-refractivity contribution in [3.8, 4) is 11.5 Å². The van der Waals surface area contributed by atoms with Crippen molar-refractivity contribution >= 4 is 5.97 Å². The first-order chi connectivity index (χ1) is 12.3. The van der Waals surface area contributed by atoms with Crippen LogP contribution in [0.1, 0.15) is 82.1 Å². The predicted molar refractivity (Wildman–Crippen MR) is 99.9 cm³/mol. The molecule has 1 aromatic rings. The smallest absolute Gasteiger partial charge is 0.317 e. The van der Waals surface area contributed by atoms with Gasteiger partial charge in [-0.1, -0.05) is 34.1 Å². The van der Waals surface area contributed by atoms with E-state index in [9.17, 15) is 4.79 Å². The summed E-state index contributed by atoms with van der Waals surface area (Å²) in [7, 11) is 3.38. The van der Waals surface area contributed by atoms with Crippen molar-refractivity contribution in [2.24, 2.45) is 11.3 Å². The van der Waals surface area contributed by atoms with Gasteiger partial charge in [-0.25, -0.2) is 0 Å². The van der Waals surface area contributed by atoms with Gasteiger partial charge in [-0.05, 0) is 42.6 Å². The average molecular weight is 358 g/mol. The Morgan fingerprint density at radius 2 is 1.85 bits per heavy atom. The zero-order chi connectivity index (χ0) is 18.9. The Morgan fingerprint density at radius 1 is 1.15 bits per heavy atom. The lowest BCUT2D eigenvalue weighted by Gasteiger charge is -2.59. The predicted octanol–water partition coefficient (Wildman–Crippen LogP) is 4.89. The molecule has 2 aliphatic heterocycles. The van der Waals surface area contributed by atoms with Gasteiger partial charge in [0.2, 0.25) is 0 Å². The van der Waals surface area contributed by atoms with Gasteiger partial charge in [0.05, 0.1) is 14.2 Å². The molecule has 0 amide bonds. The average Bonchev–Trinajstić information content (AvgIpc) is 2.59. The summed E-state index contributed by atoms with van der Waals surface area (Å²) in [5.41, 5.74) is 2.82. The Hall–Kier alpha value is -1.71.